The second-order valence-electron chi connectivity index (χ2n) is 5.49. The number of hydrogen-bond donors (Lipinski definition) is 0. The molecule has 112 valence electrons. The van der Waals surface area contributed by atoms with E-state index in [0.717, 1.165) is 43.4 Å². The van der Waals surface area contributed by atoms with Gasteiger partial charge in [-0.25, -0.2) is 9.97 Å². The van der Waals surface area contributed by atoms with Crippen molar-refractivity contribution in [3.05, 3.63) is 34.2 Å². The van der Waals surface area contributed by atoms with E-state index in [2.05, 4.69) is 31.7 Å². The molecule has 0 saturated carbocycles. The number of thiazole rings is 1. The van der Waals surface area contributed by atoms with Gasteiger partial charge in [-0.15, -0.1) is 11.3 Å². The molecule has 5 nitrogen and oxygen atoms in total. The van der Waals surface area contributed by atoms with Gasteiger partial charge in [0.05, 0.1) is 17.4 Å². The highest BCUT2D eigenvalue weighted by atomic mass is 32.1. The van der Waals surface area contributed by atoms with Gasteiger partial charge in [0, 0.05) is 44.0 Å². The largest absolute Gasteiger partial charge is 0.353 e. The molecule has 2 aromatic rings. The molecular weight excluding hydrogens is 282 g/mol. The first-order valence-corrected chi connectivity index (χ1v) is 8.22. The van der Waals surface area contributed by atoms with Crippen LogP contribution < -0.4 is 4.90 Å². The van der Waals surface area contributed by atoms with Gasteiger partial charge in [-0.2, -0.15) is 0 Å². The predicted molar refractivity (Wildman–Crippen MR) is 85.8 cm³/mol. The fourth-order valence-corrected chi connectivity index (χ4v) is 3.47. The summed E-state index contributed by atoms with van der Waals surface area (Å²) in [7, 11) is 0. The van der Waals surface area contributed by atoms with Crippen molar-refractivity contribution in [2.75, 3.05) is 31.1 Å². The molecule has 0 radical (unpaired) electrons. The molecule has 3 heterocycles. The summed E-state index contributed by atoms with van der Waals surface area (Å²) < 4.78 is 0. The van der Waals surface area contributed by atoms with E-state index in [-0.39, 0.29) is 0 Å². The molecule has 1 aliphatic heterocycles. The average Bonchev–Trinajstić information content (AvgIpc) is 3.03. The van der Waals surface area contributed by atoms with Gasteiger partial charge >= 0.3 is 0 Å². The molecule has 1 aliphatic rings. The number of piperazine rings is 1. The van der Waals surface area contributed by atoms with Crippen LogP contribution in [0.5, 0.6) is 0 Å². The zero-order valence-electron chi connectivity index (χ0n) is 12.8. The smallest absolute Gasteiger partial charge is 0.150 e. The summed E-state index contributed by atoms with van der Waals surface area (Å²) in [5.41, 5.74) is 2.00. The van der Waals surface area contributed by atoms with Crippen LogP contribution in [0.4, 0.5) is 5.82 Å². The Morgan fingerprint density at radius 2 is 1.90 bits per heavy atom. The summed E-state index contributed by atoms with van der Waals surface area (Å²) in [4.78, 5) is 18.4. The van der Waals surface area contributed by atoms with Crippen molar-refractivity contribution in [2.45, 2.75) is 26.8 Å². The highest BCUT2D eigenvalue weighted by molar-refractivity contribution is 7.09. The maximum Gasteiger partial charge on any atom is 0.150 e. The number of nitrogens with zero attached hydrogens (tertiary/aromatic N) is 5. The van der Waals surface area contributed by atoms with Gasteiger partial charge in [0.15, 0.2) is 0 Å². The second kappa shape index (κ2) is 6.07. The lowest BCUT2D eigenvalue weighted by Crippen LogP contribution is -2.47. The normalized spacial score (nSPS) is 18.0. The fourth-order valence-electron chi connectivity index (χ4n) is 2.74. The molecule has 0 spiro atoms. The van der Waals surface area contributed by atoms with Crippen LogP contribution in [0, 0.1) is 13.8 Å². The van der Waals surface area contributed by atoms with Crippen LogP contribution in [-0.2, 0) is 0 Å². The number of aromatic nitrogens is 3. The Labute approximate surface area is 129 Å². The Morgan fingerprint density at radius 1 is 1.14 bits per heavy atom. The summed E-state index contributed by atoms with van der Waals surface area (Å²) in [5.74, 6) is 1.04. The number of aryl methyl sites for hydroxylation is 2. The lowest BCUT2D eigenvalue weighted by atomic mass is 10.2. The summed E-state index contributed by atoms with van der Waals surface area (Å²) in [6.45, 7) is 10.3. The van der Waals surface area contributed by atoms with Gasteiger partial charge in [0.1, 0.15) is 10.8 Å². The molecule has 1 fully saturated rings. The lowest BCUT2D eigenvalue weighted by molar-refractivity contribution is 0.198. The first kappa shape index (κ1) is 14.4. The quantitative estimate of drug-likeness (QED) is 0.871. The van der Waals surface area contributed by atoms with Crippen LogP contribution in [0.3, 0.4) is 0 Å². The molecule has 6 heteroatoms. The molecule has 21 heavy (non-hydrogen) atoms. The van der Waals surface area contributed by atoms with Gasteiger partial charge in [0.25, 0.3) is 0 Å². The van der Waals surface area contributed by atoms with Gasteiger partial charge < -0.3 is 4.90 Å². The van der Waals surface area contributed by atoms with Gasteiger partial charge in [0.2, 0.25) is 0 Å². The second-order valence-corrected chi connectivity index (χ2v) is 6.42. The molecule has 0 bridgehead atoms. The Hall–Kier alpha value is -1.53. The molecule has 1 unspecified atom stereocenters. The van der Waals surface area contributed by atoms with Crippen LogP contribution in [-0.4, -0.2) is 46.0 Å². The highest BCUT2D eigenvalue weighted by Crippen LogP contribution is 2.25. The molecular formula is C15H21N5S. The van der Waals surface area contributed by atoms with Crippen LogP contribution >= 0.6 is 11.3 Å². The van der Waals surface area contributed by atoms with Gasteiger partial charge in [-0.3, -0.25) is 9.88 Å². The lowest BCUT2D eigenvalue weighted by Gasteiger charge is -2.38. The van der Waals surface area contributed by atoms with Crippen LogP contribution in [0.2, 0.25) is 0 Å². The summed E-state index contributed by atoms with van der Waals surface area (Å²) in [6.07, 6.45) is 3.72. The van der Waals surface area contributed by atoms with E-state index in [4.69, 9.17) is 0 Å². The van der Waals surface area contributed by atoms with Crippen molar-refractivity contribution >= 4 is 17.2 Å². The molecule has 0 aromatic carbocycles. The minimum Gasteiger partial charge on any atom is -0.353 e. The van der Waals surface area contributed by atoms with Crippen LogP contribution in [0.1, 0.15) is 29.4 Å². The molecule has 0 N–H and O–H groups in total. The number of rotatable bonds is 3. The van der Waals surface area contributed by atoms with Crippen molar-refractivity contribution in [3.8, 4) is 0 Å². The SMILES string of the molecule is Cc1cnc(C)c(N2CCN(C(C)c3nccs3)CC2)n1. The number of anilines is 1. The minimum absolute atomic E-state index is 0.400. The summed E-state index contributed by atoms with van der Waals surface area (Å²) in [6, 6.07) is 0.400. The summed E-state index contributed by atoms with van der Waals surface area (Å²) in [5, 5.41) is 3.25. The van der Waals surface area contributed by atoms with Crippen molar-refractivity contribution in [1.29, 1.82) is 0 Å². The Kier molecular flexibility index (Phi) is 4.17. The van der Waals surface area contributed by atoms with E-state index in [1.165, 1.54) is 5.01 Å². The van der Waals surface area contributed by atoms with Crippen molar-refractivity contribution in [1.82, 2.24) is 19.9 Å². The standard InChI is InChI=1S/C15H21N5S/c1-11-10-17-12(2)14(18-11)20-7-5-19(6-8-20)13(3)15-16-4-9-21-15/h4,9-10,13H,5-8H2,1-3H3. The van der Waals surface area contributed by atoms with Crippen molar-refractivity contribution < 1.29 is 0 Å². The van der Waals surface area contributed by atoms with Crippen LogP contribution in [0.15, 0.2) is 17.8 Å². The zero-order valence-corrected chi connectivity index (χ0v) is 13.6. The zero-order chi connectivity index (χ0) is 14.8. The molecule has 1 saturated heterocycles. The highest BCUT2D eigenvalue weighted by Gasteiger charge is 2.24. The average molecular weight is 303 g/mol. The third kappa shape index (κ3) is 3.06. The van der Waals surface area contributed by atoms with E-state index in [9.17, 15) is 0 Å². The third-order valence-electron chi connectivity index (χ3n) is 4.02. The molecule has 0 aliphatic carbocycles. The molecule has 1 atom stereocenters. The topological polar surface area (TPSA) is 45.2 Å². The van der Waals surface area contributed by atoms with Crippen LogP contribution in [0.25, 0.3) is 0 Å². The Bertz CT molecular complexity index is 590. The Balaban J connectivity index is 1.66. The third-order valence-corrected chi connectivity index (χ3v) is 4.97. The first-order valence-electron chi connectivity index (χ1n) is 7.34. The maximum atomic E-state index is 4.65. The van der Waals surface area contributed by atoms with Crippen molar-refractivity contribution in [3.63, 3.8) is 0 Å². The van der Waals surface area contributed by atoms with Crippen molar-refractivity contribution in [2.24, 2.45) is 0 Å². The maximum absolute atomic E-state index is 4.65. The number of hydrogen-bond acceptors (Lipinski definition) is 6. The molecule has 2 aromatic heterocycles. The predicted octanol–water partition coefficient (Wildman–Crippen LogP) is 2.43. The Morgan fingerprint density at radius 3 is 2.57 bits per heavy atom. The monoisotopic (exact) mass is 303 g/mol. The minimum atomic E-state index is 0.400. The van der Waals surface area contributed by atoms with E-state index < -0.39 is 0 Å². The molecule has 0 amide bonds. The fraction of sp³-hybridized carbons (Fsp3) is 0.533. The van der Waals surface area contributed by atoms with E-state index in [0.29, 0.717) is 6.04 Å². The first-order chi connectivity index (χ1) is 10.1. The summed E-state index contributed by atoms with van der Waals surface area (Å²) >= 11 is 1.74. The van der Waals surface area contributed by atoms with Gasteiger partial charge in [-0.05, 0) is 20.8 Å². The van der Waals surface area contributed by atoms with Gasteiger partial charge in [-0.1, -0.05) is 0 Å². The van der Waals surface area contributed by atoms with E-state index in [1.807, 2.05) is 31.6 Å². The molecule has 3 rings (SSSR count). The van der Waals surface area contributed by atoms with E-state index >= 15 is 0 Å². The van der Waals surface area contributed by atoms with E-state index in [1.54, 1.807) is 11.3 Å².